The topological polar surface area (TPSA) is 80.0 Å². The monoisotopic (exact) mass is 372 g/mol. The van der Waals surface area contributed by atoms with Crippen molar-refractivity contribution < 1.29 is 9.32 Å². The van der Waals surface area contributed by atoms with Gasteiger partial charge in [-0.05, 0) is 46.4 Å². The lowest BCUT2D eigenvalue weighted by molar-refractivity contribution is 0.0951. The average Bonchev–Trinajstić information content (AvgIpc) is 3.14. The molecule has 0 radical (unpaired) electrons. The summed E-state index contributed by atoms with van der Waals surface area (Å²) >= 11 is 1.71. The van der Waals surface area contributed by atoms with Crippen LogP contribution in [0.4, 0.5) is 0 Å². The number of thiophene rings is 1. The van der Waals surface area contributed by atoms with Crippen molar-refractivity contribution in [2.75, 3.05) is 13.1 Å². The van der Waals surface area contributed by atoms with Crippen molar-refractivity contribution in [3.8, 4) is 11.3 Å². The highest BCUT2D eigenvalue weighted by Crippen LogP contribution is 2.32. The van der Waals surface area contributed by atoms with Crippen molar-refractivity contribution in [1.29, 1.82) is 0 Å². The summed E-state index contributed by atoms with van der Waals surface area (Å²) in [6.45, 7) is 11.4. The summed E-state index contributed by atoms with van der Waals surface area (Å²) < 4.78 is 5.36. The summed E-state index contributed by atoms with van der Waals surface area (Å²) in [6, 6.07) is 4.13. The van der Waals surface area contributed by atoms with Crippen LogP contribution in [0, 0.1) is 20.8 Å². The molecule has 138 valence electrons. The van der Waals surface area contributed by atoms with E-state index < -0.39 is 0 Å². The lowest BCUT2D eigenvalue weighted by Crippen LogP contribution is -2.38. The van der Waals surface area contributed by atoms with E-state index in [4.69, 9.17) is 4.52 Å². The minimum absolute atomic E-state index is 0.140. The van der Waals surface area contributed by atoms with Crippen LogP contribution in [-0.4, -0.2) is 35.2 Å². The molecule has 0 fully saturated rings. The highest BCUT2D eigenvalue weighted by Gasteiger charge is 2.20. The molecular formula is C19H24N4O2S. The second kappa shape index (κ2) is 7.55. The first-order valence-corrected chi connectivity index (χ1v) is 9.58. The summed E-state index contributed by atoms with van der Waals surface area (Å²) in [6.07, 6.45) is 0. The van der Waals surface area contributed by atoms with Gasteiger partial charge in [0, 0.05) is 27.9 Å². The maximum absolute atomic E-state index is 12.9. The SMILES string of the molecule is CCN[C@H](C)CNC(=O)c1cc(-c2cc(C)sc2C)nc2onc(C)c12. The van der Waals surface area contributed by atoms with Crippen LogP contribution in [0.25, 0.3) is 22.4 Å². The van der Waals surface area contributed by atoms with E-state index in [0.29, 0.717) is 28.9 Å². The molecule has 2 N–H and O–H groups in total. The Morgan fingerprint density at radius 2 is 2.08 bits per heavy atom. The number of amides is 1. The van der Waals surface area contributed by atoms with Gasteiger partial charge in [0.2, 0.25) is 0 Å². The molecule has 0 spiro atoms. The molecule has 3 rings (SSSR count). The molecule has 0 unspecified atom stereocenters. The number of fused-ring (bicyclic) bond motifs is 1. The zero-order valence-electron chi connectivity index (χ0n) is 15.8. The zero-order valence-corrected chi connectivity index (χ0v) is 16.6. The molecular weight excluding hydrogens is 348 g/mol. The van der Waals surface area contributed by atoms with Gasteiger partial charge in [0.25, 0.3) is 11.6 Å². The quantitative estimate of drug-likeness (QED) is 0.691. The normalized spacial score (nSPS) is 12.5. The van der Waals surface area contributed by atoms with Gasteiger partial charge >= 0.3 is 0 Å². The number of hydrogen-bond donors (Lipinski definition) is 2. The summed E-state index contributed by atoms with van der Waals surface area (Å²) in [5.41, 5.74) is 3.38. The fraction of sp³-hybridized carbons (Fsp3) is 0.421. The van der Waals surface area contributed by atoms with Crippen molar-refractivity contribution >= 4 is 28.3 Å². The number of nitrogens with one attached hydrogen (secondary N) is 2. The molecule has 0 aliphatic heterocycles. The van der Waals surface area contributed by atoms with E-state index in [1.54, 1.807) is 11.3 Å². The number of carbonyl (C=O) groups excluding carboxylic acids is 1. The molecule has 0 aliphatic rings. The smallest absolute Gasteiger partial charge is 0.259 e. The Morgan fingerprint density at radius 1 is 1.31 bits per heavy atom. The molecule has 0 saturated heterocycles. The molecule has 3 heterocycles. The van der Waals surface area contributed by atoms with Crippen molar-refractivity contribution in [3.63, 3.8) is 0 Å². The van der Waals surface area contributed by atoms with Crippen LogP contribution in [0.15, 0.2) is 16.7 Å². The van der Waals surface area contributed by atoms with Crippen LogP contribution < -0.4 is 10.6 Å². The number of aromatic nitrogens is 2. The van der Waals surface area contributed by atoms with Crippen LogP contribution in [0.1, 0.15) is 39.7 Å². The highest BCUT2D eigenvalue weighted by atomic mass is 32.1. The summed E-state index contributed by atoms with van der Waals surface area (Å²) in [5, 5.41) is 11.0. The second-order valence-corrected chi connectivity index (χ2v) is 7.96. The molecule has 1 atom stereocenters. The minimum atomic E-state index is -0.140. The Morgan fingerprint density at radius 3 is 2.73 bits per heavy atom. The molecule has 26 heavy (non-hydrogen) atoms. The maximum atomic E-state index is 12.9. The average molecular weight is 372 g/mol. The third-order valence-electron chi connectivity index (χ3n) is 4.30. The molecule has 7 heteroatoms. The molecule has 0 aromatic carbocycles. The Bertz CT molecular complexity index is 945. The fourth-order valence-electron chi connectivity index (χ4n) is 3.06. The van der Waals surface area contributed by atoms with Crippen LogP contribution >= 0.6 is 11.3 Å². The van der Waals surface area contributed by atoms with E-state index in [0.717, 1.165) is 22.7 Å². The molecule has 3 aromatic rings. The van der Waals surface area contributed by atoms with Gasteiger partial charge in [-0.25, -0.2) is 4.98 Å². The second-order valence-electron chi connectivity index (χ2n) is 6.50. The largest absolute Gasteiger partial charge is 0.350 e. The zero-order chi connectivity index (χ0) is 18.8. The van der Waals surface area contributed by atoms with E-state index in [2.05, 4.69) is 40.7 Å². The van der Waals surface area contributed by atoms with Crippen LogP contribution in [0.2, 0.25) is 0 Å². The lowest BCUT2D eigenvalue weighted by atomic mass is 10.1. The minimum Gasteiger partial charge on any atom is -0.350 e. The Labute approximate surface area is 157 Å². The number of pyridine rings is 1. The van der Waals surface area contributed by atoms with Gasteiger partial charge in [0.05, 0.1) is 22.3 Å². The van der Waals surface area contributed by atoms with Crippen molar-refractivity contribution in [2.24, 2.45) is 0 Å². The lowest BCUT2D eigenvalue weighted by Gasteiger charge is -2.14. The maximum Gasteiger partial charge on any atom is 0.259 e. The summed E-state index contributed by atoms with van der Waals surface area (Å²) in [7, 11) is 0. The van der Waals surface area contributed by atoms with Gasteiger partial charge in [-0.2, -0.15) is 0 Å². The third kappa shape index (κ3) is 3.64. The predicted molar refractivity (Wildman–Crippen MR) is 105 cm³/mol. The van der Waals surface area contributed by atoms with E-state index in [1.165, 1.54) is 4.88 Å². The van der Waals surface area contributed by atoms with E-state index in [-0.39, 0.29) is 11.9 Å². The van der Waals surface area contributed by atoms with Crippen molar-refractivity contribution in [3.05, 3.63) is 33.1 Å². The molecule has 0 aliphatic carbocycles. The fourth-order valence-corrected chi connectivity index (χ4v) is 3.99. The number of carbonyl (C=O) groups is 1. The van der Waals surface area contributed by atoms with E-state index >= 15 is 0 Å². The Kier molecular flexibility index (Phi) is 5.38. The highest BCUT2D eigenvalue weighted by molar-refractivity contribution is 7.12. The Hall–Kier alpha value is -2.25. The van der Waals surface area contributed by atoms with E-state index in [9.17, 15) is 4.79 Å². The standard InChI is InChI=1S/C19H24N4O2S/c1-6-20-10(2)9-21-18(24)15-8-16(14-7-11(3)26-13(14)5)22-19-17(15)12(4)23-25-19/h7-8,10,20H,6,9H2,1-5H3,(H,21,24)/t10-/m1/s1. The van der Waals surface area contributed by atoms with Gasteiger partial charge in [0.1, 0.15) is 0 Å². The first-order valence-electron chi connectivity index (χ1n) is 8.76. The van der Waals surface area contributed by atoms with Crippen LogP contribution in [0.3, 0.4) is 0 Å². The van der Waals surface area contributed by atoms with Gasteiger partial charge in [0.15, 0.2) is 0 Å². The molecule has 0 bridgehead atoms. The number of nitrogens with zero attached hydrogens (tertiary/aromatic N) is 2. The van der Waals surface area contributed by atoms with Gasteiger partial charge in [-0.15, -0.1) is 11.3 Å². The van der Waals surface area contributed by atoms with Gasteiger partial charge < -0.3 is 15.2 Å². The van der Waals surface area contributed by atoms with Gasteiger partial charge in [-0.3, -0.25) is 4.79 Å². The van der Waals surface area contributed by atoms with E-state index in [1.807, 2.05) is 26.8 Å². The first-order chi connectivity index (χ1) is 12.4. The number of hydrogen-bond acceptors (Lipinski definition) is 6. The van der Waals surface area contributed by atoms with Crippen molar-refractivity contribution in [2.45, 2.75) is 40.7 Å². The van der Waals surface area contributed by atoms with Crippen LogP contribution in [0.5, 0.6) is 0 Å². The Balaban J connectivity index is 2.01. The molecule has 1 amide bonds. The number of aryl methyl sites for hydroxylation is 3. The molecule has 0 saturated carbocycles. The molecule has 3 aromatic heterocycles. The van der Waals surface area contributed by atoms with Crippen LogP contribution in [-0.2, 0) is 0 Å². The summed E-state index contributed by atoms with van der Waals surface area (Å²) in [4.78, 5) is 19.8. The number of likely N-dealkylation sites (N-methyl/N-ethyl adjacent to an activating group) is 1. The van der Waals surface area contributed by atoms with Gasteiger partial charge in [-0.1, -0.05) is 12.1 Å². The molecule has 6 nitrogen and oxygen atoms in total. The van der Waals surface area contributed by atoms with Crippen molar-refractivity contribution in [1.82, 2.24) is 20.8 Å². The third-order valence-corrected chi connectivity index (χ3v) is 5.27. The summed E-state index contributed by atoms with van der Waals surface area (Å²) in [5.74, 6) is -0.140. The predicted octanol–water partition coefficient (Wildman–Crippen LogP) is 3.60. The first kappa shape index (κ1) is 18.5. The number of rotatable bonds is 6.